The maximum absolute atomic E-state index is 13.4. The van der Waals surface area contributed by atoms with Crippen LogP contribution in [0.5, 0.6) is 0 Å². The molecule has 1 aromatic carbocycles. The fraction of sp³-hybridized carbons (Fsp3) is 0.417. The number of rotatable bonds is 7. The SMILES string of the molecule is CCNC(=NCc1ccc(N2CCN(C)CC2)nc1)NCCc1c[nH]c2cc(F)ccc12.I. The summed E-state index contributed by atoms with van der Waals surface area (Å²) in [6.07, 6.45) is 4.69. The second kappa shape index (κ2) is 12.2. The minimum atomic E-state index is -0.225. The normalized spacial score (nSPS) is 14.9. The van der Waals surface area contributed by atoms with Crippen molar-refractivity contribution in [3.05, 3.63) is 59.7 Å². The van der Waals surface area contributed by atoms with Crippen LogP contribution < -0.4 is 15.5 Å². The van der Waals surface area contributed by atoms with Gasteiger partial charge in [0.2, 0.25) is 0 Å². The number of piperazine rings is 1. The Kier molecular flexibility index (Phi) is 9.30. The number of guanidine groups is 1. The summed E-state index contributed by atoms with van der Waals surface area (Å²) in [6.45, 7) is 8.31. The van der Waals surface area contributed by atoms with E-state index < -0.39 is 0 Å². The molecule has 3 N–H and O–H groups in total. The van der Waals surface area contributed by atoms with E-state index in [9.17, 15) is 4.39 Å². The third kappa shape index (κ3) is 6.80. The summed E-state index contributed by atoms with van der Waals surface area (Å²) in [7, 11) is 2.16. The van der Waals surface area contributed by atoms with Gasteiger partial charge in [-0.05, 0) is 55.8 Å². The van der Waals surface area contributed by atoms with E-state index in [0.717, 1.165) is 79.5 Å². The van der Waals surface area contributed by atoms with Crippen molar-refractivity contribution >= 4 is 46.7 Å². The van der Waals surface area contributed by atoms with Crippen molar-refractivity contribution in [1.82, 2.24) is 25.5 Å². The lowest BCUT2D eigenvalue weighted by Crippen LogP contribution is -2.44. The van der Waals surface area contributed by atoms with Gasteiger partial charge >= 0.3 is 0 Å². The highest BCUT2D eigenvalue weighted by Gasteiger charge is 2.15. The van der Waals surface area contributed by atoms with Gasteiger partial charge in [-0.1, -0.05) is 6.07 Å². The molecule has 9 heteroatoms. The van der Waals surface area contributed by atoms with Crippen molar-refractivity contribution in [3.63, 3.8) is 0 Å². The quantitative estimate of drug-likeness (QED) is 0.233. The molecule has 0 saturated carbocycles. The second-order valence-corrected chi connectivity index (χ2v) is 8.19. The third-order valence-electron chi connectivity index (χ3n) is 5.82. The van der Waals surface area contributed by atoms with Crippen LogP contribution in [0.15, 0.2) is 47.7 Å². The molecule has 0 unspecified atom stereocenters. The van der Waals surface area contributed by atoms with Crippen LogP contribution in [0.4, 0.5) is 10.2 Å². The van der Waals surface area contributed by atoms with Crippen LogP contribution in [0, 0.1) is 5.82 Å². The molecule has 1 fully saturated rings. The molecule has 0 spiro atoms. The lowest BCUT2D eigenvalue weighted by Gasteiger charge is -2.33. The minimum absolute atomic E-state index is 0. The number of likely N-dealkylation sites (N-methyl/N-ethyl adjacent to an activating group) is 1. The van der Waals surface area contributed by atoms with E-state index in [-0.39, 0.29) is 29.8 Å². The van der Waals surface area contributed by atoms with E-state index in [4.69, 9.17) is 4.99 Å². The standard InChI is InChI=1S/C24H32FN7.HI/c1-3-26-24(27-9-8-19-17-28-22-14-20(25)5-6-21(19)22)30-16-18-4-7-23(29-15-18)32-12-10-31(2)11-13-32;/h4-7,14-15,17,28H,3,8-13,16H2,1-2H3,(H2,26,27,30);1H. The first kappa shape index (κ1) is 25.2. The predicted molar refractivity (Wildman–Crippen MR) is 144 cm³/mol. The highest BCUT2D eigenvalue weighted by molar-refractivity contribution is 14.0. The number of anilines is 1. The predicted octanol–water partition coefficient (Wildman–Crippen LogP) is 3.37. The molecule has 1 aliphatic heterocycles. The smallest absolute Gasteiger partial charge is 0.191 e. The van der Waals surface area contributed by atoms with Crippen molar-refractivity contribution in [2.24, 2.45) is 4.99 Å². The van der Waals surface area contributed by atoms with Gasteiger partial charge in [0.15, 0.2) is 5.96 Å². The molecule has 0 amide bonds. The second-order valence-electron chi connectivity index (χ2n) is 8.19. The highest BCUT2D eigenvalue weighted by atomic mass is 127. The molecule has 7 nitrogen and oxygen atoms in total. The van der Waals surface area contributed by atoms with Gasteiger partial charge in [0.05, 0.1) is 6.54 Å². The van der Waals surface area contributed by atoms with Crippen molar-refractivity contribution in [3.8, 4) is 0 Å². The van der Waals surface area contributed by atoms with Crippen LogP contribution in [0.1, 0.15) is 18.1 Å². The Morgan fingerprint density at radius 1 is 1.15 bits per heavy atom. The van der Waals surface area contributed by atoms with Gasteiger partial charge < -0.3 is 25.4 Å². The summed E-state index contributed by atoms with van der Waals surface area (Å²) < 4.78 is 13.4. The maximum atomic E-state index is 13.4. The Bertz CT molecular complexity index is 1040. The number of benzene rings is 1. The highest BCUT2D eigenvalue weighted by Crippen LogP contribution is 2.19. The average molecular weight is 565 g/mol. The number of nitrogens with one attached hydrogen (secondary N) is 3. The topological polar surface area (TPSA) is 71.6 Å². The number of nitrogens with zero attached hydrogens (tertiary/aromatic N) is 4. The number of aromatic nitrogens is 2. The first-order valence-corrected chi connectivity index (χ1v) is 11.3. The molecule has 0 aliphatic carbocycles. The molecule has 1 aliphatic rings. The molecular weight excluding hydrogens is 532 g/mol. The summed E-state index contributed by atoms with van der Waals surface area (Å²) in [6, 6.07) is 9.06. The zero-order chi connectivity index (χ0) is 22.3. The van der Waals surface area contributed by atoms with Gasteiger partial charge in [0.25, 0.3) is 0 Å². The van der Waals surface area contributed by atoms with Crippen molar-refractivity contribution in [2.75, 3.05) is 51.2 Å². The number of fused-ring (bicyclic) bond motifs is 1. The zero-order valence-electron chi connectivity index (χ0n) is 19.3. The first-order chi connectivity index (χ1) is 15.6. The number of aliphatic imine (C=N–C) groups is 1. The van der Waals surface area contributed by atoms with Crippen LogP contribution in [0.2, 0.25) is 0 Å². The number of halogens is 2. The number of hydrogen-bond donors (Lipinski definition) is 3. The molecule has 2 aromatic heterocycles. The van der Waals surface area contributed by atoms with Gasteiger partial charge in [-0.15, -0.1) is 24.0 Å². The average Bonchev–Trinajstić information content (AvgIpc) is 3.20. The molecule has 33 heavy (non-hydrogen) atoms. The Balaban J connectivity index is 0.00000306. The Morgan fingerprint density at radius 2 is 1.97 bits per heavy atom. The zero-order valence-corrected chi connectivity index (χ0v) is 21.6. The van der Waals surface area contributed by atoms with Gasteiger partial charge in [-0.2, -0.15) is 0 Å². The summed E-state index contributed by atoms with van der Waals surface area (Å²) >= 11 is 0. The van der Waals surface area contributed by atoms with Crippen LogP contribution in [-0.2, 0) is 13.0 Å². The van der Waals surface area contributed by atoms with Crippen LogP contribution >= 0.6 is 24.0 Å². The largest absolute Gasteiger partial charge is 0.361 e. The molecule has 0 atom stereocenters. The Morgan fingerprint density at radius 3 is 2.70 bits per heavy atom. The first-order valence-electron chi connectivity index (χ1n) is 11.3. The fourth-order valence-electron chi connectivity index (χ4n) is 3.93. The summed E-state index contributed by atoms with van der Waals surface area (Å²) in [5, 5.41) is 7.74. The van der Waals surface area contributed by atoms with Crippen LogP contribution in [0.25, 0.3) is 10.9 Å². The summed E-state index contributed by atoms with van der Waals surface area (Å²) in [5.74, 6) is 1.59. The van der Waals surface area contributed by atoms with Crippen LogP contribution in [0.3, 0.4) is 0 Å². The summed E-state index contributed by atoms with van der Waals surface area (Å²) in [4.78, 5) is 17.2. The summed E-state index contributed by atoms with van der Waals surface area (Å²) in [5.41, 5.74) is 3.07. The van der Waals surface area contributed by atoms with E-state index in [0.29, 0.717) is 6.54 Å². The molecule has 178 valence electrons. The molecular formula is C24H33FIN7. The van der Waals surface area contributed by atoms with Crippen molar-refractivity contribution in [2.45, 2.75) is 19.9 Å². The monoisotopic (exact) mass is 565 g/mol. The van der Waals surface area contributed by atoms with E-state index in [2.05, 4.69) is 56.5 Å². The van der Waals surface area contributed by atoms with Gasteiger partial charge in [-0.25, -0.2) is 14.4 Å². The van der Waals surface area contributed by atoms with E-state index in [1.165, 1.54) is 12.1 Å². The molecule has 3 aromatic rings. The Hall–Kier alpha value is -2.40. The molecule has 1 saturated heterocycles. The maximum Gasteiger partial charge on any atom is 0.191 e. The van der Waals surface area contributed by atoms with Gasteiger partial charge in [0, 0.05) is 62.6 Å². The van der Waals surface area contributed by atoms with Crippen molar-refractivity contribution in [1.29, 1.82) is 0 Å². The fourth-order valence-corrected chi connectivity index (χ4v) is 3.93. The van der Waals surface area contributed by atoms with E-state index >= 15 is 0 Å². The van der Waals surface area contributed by atoms with E-state index in [1.807, 2.05) is 18.5 Å². The molecule has 4 rings (SSSR count). The number of aromatic amines is 1. The molecule has 0 bridgehead atoms. The lowest BCUT2D eigenvalue weighted by atomic mass is 10.1. The third-order valence-corrected chi connectivity index (χ3v) is 5.82. The Labute approximate surface area is 211 Å². The minimum Gasteiger partial charge on any atom is -0.361 e. The number of H-pyrrole nitrogens is 1. The number of hydrogen-bond acceptors (Lipinski definition) is 4. The number of pyridine rings is 1. The van der Waals surface area contributed by atoms with Crippen LogP contribution in [-0.4, -0.2) is 67.1 Å². The van der Waals surface area contributed by atoms with Gasteiger partial charge in [0.1, 0.15) is 11.6 Å². The molecule has 0 radical (unpaired) electrons. The van der Waals surface area contributed by atoms with Gasteiger partial charge in [-0.3, -0.25) is 0 Å². The van der Waals surface area contributed by atoms with Crippen molar-refractivity contribution < 1.29 is 4.39 Å². The van der Waals surface area contributed by atoms with E-state index in [1.54, 1.807) is 0 Å². The lowest BCUT2D eigenvalue weighted by molar-refractivity contribution is 0.312. The molecule has 3 heterocycles.